The fourth-order valence-electron chi connectivity index (χ4n) is 1.34. The van der Waals surface area contributed by atoms with Crippen molar-refractivity contribution in [3.8, 4) is 0 Å². The predicted octanol–water partition coefficient (Wildman–Crippen LogP) is 0.577. The second-order valence-corrected chi connectivity index (χ2v) is 4.56. The molecule has 1 heterocycles. The summed E-state index contributed by atoms with van der Waals surface area (Å²) in [6.45, 7) is 2.92. The Morgan fingerprint density at radius 2 is 2.21 bits per heavy atom. The molecule has 0 aromatic carbocycles. The SMILES string of the molecule is C=CCN(CC(=O)O)C(=O)CNC(=O)c1cccs1. The summed E-state index contributed by atoms with van der Waals surface area (Å²) in [6.07, 6.45) is 1.43. The zero-order valence-electron chi connectivity index (χ0n) is 10.2. The van der Waals surface area contributed by atoms with E-state index in [0.29, 0.717) is 4.88 Å². The Morgan fingerprint density at radius 1 is 1.47 bits per heavy atom. The van der Waals surface area contributed by atoms with E-state index >= 15 is 0 Å². The van der Waals surface area contributed by atoms with Gasteiger partial charge in [-0.3, -0.25) is 14.4 Å². The first-order valence-corrected chi connectivity index (χ1v) is 6.34. The molecule has 0 unspecified atom stereocenters. The van der Waals surface area contributed by atoms with E-state index in [-0.39, 0.29) is 19.0 Å². The molecule has 0 aliphatic heterocycles. The Labute approximate surface area is 114 Å². The molecule has 19 heavy (non-hydrogen) atoms. The highest BCUT2D eigenvalue weighted by Crippen LogP contribution is 2.07. The molecule has 1 aromatic rings. The minimum atomic E-state index is -1.11. The Bertz CT molecular complexity index is 470. The molecular weight excluding hydrogens is 268 g/mol. The lowest BCUT2D eigenvalue weighted by atomic mass is 10.4. The highest BCUT2D eigenvalue weighted by molar-refractivity contribution is 7.12. The van der Waals surface area contributed by atoms with Crippen LogP contribution in [-0.2, 0) is 9.59 Å². The van der Waals surface area contributed by atoms with E-state index in [1.807, 2.05) is 0 Å². The second-order valence-electron chi connectivity index (χ2n) is 3.62. The molecule has 0 radical (unpaired) electrons. The first-order valence-electron chi connectivity index (χ1n) is 5.46. The number of carbonyl (C=O) groups is 3. The quantitative estimate of drug-likeness (QED) is 0.716. The van der Waals surface area contributed by atoms with Crippen molar-refractivity contribution < 1.29 is 19.5 Å². The third kappa shape index (κ3) is 4.92. The van der Waals surface area contributed by atoms with E-state index in [1.165, 1.54) is 17.4 Å². The van der Waals surface area contributed by atoms with Crippen LogP contribution in [0.25, 0.3) is 0 Å². The lowest BCUT2D eigenvalue weighted by molar-refractivity contribution is -0.143. The number of carboxylic acid groups (broad SMARTS) is 1. The summed E-state index contributed by atoms with van der Waals surface area (Å²) in [6, 6.07) is 3.37. The summed E-state index contributed by atoms with van der Waals surface area (Å²) >= 11 is 1.26. The maximum absolute atomic E-state index is 11.7. The number of carboxylic acids is 1. The Balaban J connectivity index is 2.50. The molecule has 0 saturated heterocycles. The molecule has 0 saturated carbocycles. The van der Waals surface area contributed by atoms with Crippen LogP contribution in [0, 0.1) is 0 Å². The zero-order valence-corrected chi connectivity index (χ0v) is 11.0. The molecule has 0 fully saturated rings. The van der Waals surface area contributed by atoms with Gasteiger partial charge in [0.1, 0.15) is 6.54 Å². The van der Waals surface area contributed by atoms with Gasteiger partial charge in [-0.25, -0.2) is 0 Å². The third-order valence-corrected chi connectivity index (χ3v) is 3.04. The number of rotatable bonds is 7. The zero-order chi connectivity index (χ0) is 14.3. The van der Waals surface area contributed by atoms with E-state index in [1.54, 1.807) is 17.5 Å². The van der Waals surface area contributed by atoms with Gasteiger partial charge in [-0.2, -0.15) is 0 Å². The maximum Gasteiger partial charge on any atom is 0.323 e. The highest BCUT2D eigenvalue weighted by Gasteiger charge is 2.16. The largest absolute Gasteiger partial charge is 0.480 e. The first-order chi connectivity index (χ1) is 9.04. The van der Waals surface area contributed by atoms with Crippen molar-refractivity contribution >= 4 is 29.1 Å². The number of aliphatic carboxylic acids is 1. The summed E-state index contributed by atoms with van der Waals surface area (Å²) in [7, 11) is 0. The molecule has 1 aromatic heterocycles. The summed E-state index contributed by atoms with van der Waals surface area (Å²) in [4.78, 5) is 35.6. The van der Waals surface area contributed by atoms with E-state index in [2.05, 4.69) is 11.9 Å². The Kier molecular flexibility index (Phi) is 5.74. The van der Waals surface area contributed by atoms with Gasteiger partial charge in [0.25, 0.3) is 5.91 Å². The number of amides is 2. The molecule has 2 N–H and O–H groups in total. The fourth-order valence-corrected chi connectivity index (χ4v) is 1.98. The van der Waals surface area contributed by atoms with Crippen LogP contribution in [0.4, 0.5) is 0 Å². The molecule has 0 spiro atoms. The van der Waals surface area contributed by atoms with Crippen molar-refractivity contribution in [2.24, 2.45) is 0 Å². The van der Waals surface area contributed by atoms with Crippen LogP contribution in [0.15, 0.2) is 30.2 Å². The van der Waals surface area contributed by atoms with Crippen molar-refractivity contribution in [1.82, 2.24) is 10.2 Å². The van der Waals surface area contributed by atoms with Crippen molar-refractivity contribution in [1.29, 1.82) is 0 Å². The van der Waals surface area contributed by atoms with Crippen molar-refractivity contribution in [3.63, 3.8) is 0 Å². The molecule has 0 bridgehead atoms. The van der Waals surface area contributed by atoms with Gasteiger partial charge in [0.15, 0.2) is 0 Å². The van der Waals surface area contributed by atoms with Gasteiger partial charge >= 0.3 is 5.97 Å². The van der Waals surface area contributed by atoms with Crippen molar-refractivity contribution in [3.05, 3.63) is 35.0 Å². The number of nitrogens with one attached hydrogen (secondary N) is 1. The van der Waals surface area contributed by atoms with Crippen LogP contribution >= 0.6 is 11.3 Å². The minimum Gasteiger partial charge on any atom is -0.480 e. The molecule has 102 valence electrons. The fraction of sp³-hybridized carbons (Fsp3) is 0.250. The normalized spacial score (nSPS) is 9.68. The monoisotopic (exact) mass is 282 g/mol. The van der Waals surface area contributed by atoms with Gasteiger partial charge in [0.2, 0.25) is 5.91 Å². The molecule has 7 heteroatoms. The summed E-state index contributed by atoms with van der Waals surface area (Å²) in [5.41, 5.74) is 0. The minimum absolute atomic E-state index is 0.125. The molecular formula is C12H14N2O4S. The van der Waals surface area contributed by atoms with Crippen LogP contribution in [0.1, 0.15) is 9.67 Å². The average Bonchev–Trinajstić information content (AvgIpc) is 2.88. The van der Waals surface area contributed by atoms with Crippen molar-refractivity contribution in [2.45, 2.75) is 0 Å². The number of thiophene rings is 1. The second kappa shape index (κ2) is 7.32. The van der Waals surface area contributed by atoms with Crippen LogP contribution in [0.2, 0.25) is 0 Å². The van der Waals surface area contributed by atoms with Crippen LogP contribution < -0.4 is 5.32 Å². The molecule has 0 aliphatic carbocycles. The lowest BCUT2D eigenvalue weighted by Gasteiger charge is -2.18. The molecule has 1 rings (SSSR count). The van der Waals surface area contributed by atoms with Gasteiger partial charge in [-0.15, -0.1) is 17.9 Å². The summed E-state index contributed by atoms with van der Waals surface area (Å²) in [5.74, 6) is -1.93. The van der Waals surface area contributed by atoms with E-state index in [4.69, 9.17) is 5.11 Å². The van der Waals surface area contributed by atoms with E-state index in [0.717, 1.165) is 4.90 Å². The first kappa shape index (κ1) is 14.9. The molecule has 2 amide bonds. The van der Waals surface area contributed by atoms with Gasteiger partial charge < -0.3 is 15.3 Å². The molecule has 6 nitrogen and oxygen atoms in total. The van der Waals surface area contributed by atoms with E-state index < -0.39 is 18.4 Å². The third-order valence-electron chi connectivity index (χ3n) is 2.17. The summed E-state index contributed by atoms with van der Waals surface area (Å²) < 4.78 is 0. The lowest BCUT2D eigenvalue weighted by Crippen LogP contribution is -2.42. The average molecular weight is 282 g/mol. The number of hydrogen-bond acceptors (Lipinski definition) is 4. The van der Waals surface area contributed by atoms with Gasteiger partial charge in [-0.1, -0.05) is 12.1 Å². The molecule has 0 atom stereocenters. The van der Waals surface area contributed by atoms with E-state index in [9.17, 15) is 14.4 Å². The van der Waals surface area contributed by atoms with Gasteiger partial charge in [0.05, 0.1) is 11.4 Å². The van der Waals surface area contributed by atoms with Crippen LogP contribution in [-0.4, -0.2) is 47.4 Å². The Morgan fingerprint density at radius 3 is 2.74 bits per heavy atom. The number of hydrogen-bond donors (Lipinski definition) is 2. The Hall–Kier alpha value is -2.15. The topological polar surface area (TPSA) is 86.7 Å². The highest BCUT2D eigenvalue weighted by atomic mass is 32.1. The smallest absolute Gasteiger partial charge is 0.323 e. The van der Waals surface area contributed by atoms with Crippen molar-refractivity contribution in [2.75, 3.05) is 19.6 Å². The number of nitrogens with zero attached hydrogens (tertiary/aromatic N) is 1. The van der Waals surface area contributed by atoms with Gasteiger partial charge in [-0.05, 0) is 11.4 Å². The summed E-state index contributed by atoms with van der Waals surface area (Å²) in [5, 5.41) is 12.9. The van der Waals surface area contributed by atoms with Crippen LogP contribution in [0.3, 0.4) is 0 Å². The van der Waals surface area contributed by atoms with Gasteiger partial charge in [0, 0.05) is 6.54 Å². The predicted molar refractivity (Wildman–Crippen MR) is 71.1 cm³/mol. The van der Waals surface area contributed by atoms with Crippen LogP contribution in [0.5, 0.6) is 0 Å². The number of carbonyl (C=O) groups excluding carboxylic acids is 2. The maximum atomic E-state index is 11.7. The standard InChI is InChI=1S/C12H14N2O4S/c1-2-5-14(8-11(16)17)10(15)7-13-12(18)9-4-3-6-19-9/h2-4,6H,1,5,7-8H2,(H,13,18)(H,16,17). The molecule has 0 aliphatic rings.